The molecule has 7 nitrogen and oxygen atoms in total. The highest BCUT2D eigenvalue weighted by atomic mass is 35.5. The van der Waals surface area contributed by atoms with Gasteiger partial charge in [-0.25, -0.2) is 4.98 Å². The molecule has 1 saturated heterocycles. The minimum absolute atomic E-state index is 0.0372. The molecule has 5 rings (SSSR count). The van der Waals surface area contributed by atoms with E-state index in [0.717, 1.165) is 17.7 Å². The first-order valence-electron chi connectivity index (χ1n) is 13.8. The maximum Gasteiger partial charge on any atom is 0.416 e. The lowest BCUT2D eigenvalue weighted by molar-refractivity contribution is -0.137. The van der Waals surface area contributed by atoms with Crippen LogP contribution in [0.3, 0.4) is 0 Å². The molecular weight excluding hydrogens is 581 g/mol. The Hall–Kier alpha value is -4.18. The lowest BCUT2D eigenvalue weighted by Crippen LogP contribution is -2.44. The summed E-state index contributed by atoms with van der Waals surface area (Å²) in [4.78, 5) is 44.1. The number of rotatable bonds is 6. The van der Waals surface area contributed by atoms with Gasteiger partial charge in [0.1, 0.15) is 5.15 Å². The van der Waals surface area contributed by atoms with Crippen LogP contribution in [0, 0.1) is 6.92 Å². The van der Waals surface area contributed by atoms with Gasteiger partial charge in [-0.1, -0.05) is 29.8 Å². The molecule has 1 aliphatic rings. The molecule has 0 unspecified atom stereocenters. The van der Waals surface area contributed by atoms with Gasteiger partial charge in [0.15, 0.2) is 5.78 Å². The molecule has 0 aliphatic carbocycles. The Kier molecular flexibility index (Phi) is 8.34. The summed E-state index contributed by atoms with van der Waals surface area (Å²) in [5.41, 5.74) is 2.15. The SMILES string of the molecule is CC(=O)NC1CCN(c2cc(C(=O)Cc3ccc(C)c(-c4cc5cnc(Cl)cc5n(C)c4=O)c3)cc(C(F)(F)F)c2)CC1. The predicted octanol–water partition coefficient (Wildman–Crippen LogP) is 6.11. The van der Waals surface area contributed by atoms with Gasteiger partial charge in [-0.05, 0) is 66.8 Å². The number of fused-ring (bicyclic) bond motifs is 1. The largest absolute Gasteiger partial charge is 0.416 e. The number of aryl methyl sites for hydroxylation is 2. The van der Waals surface area contributed by atoms with E-state index in [2.05, 4.69) is 10.3 Å². The van der Waals surface area contributed by atoms with Crippen molar-refractivity contribution in [1.29, 1.82) is 0 Å². The van der Waals surface area contributed by atoms with Crippen LogP contribution in [0.4, 0.5) is 18.9 Å². The topological polar surface area (TPSA) is 84.3 Å². The number of amides is 1. The Morgan fingerprint density at radius 1 is 1.05 bits per heavy atom. The second-order valence-corrected chi connectivity index (χ2v) is 11.4. The summed E-state index contributed by atoms with van der Waals surface area (Å²) in [7, 11) is 1.64. The lowest BCUT2D eigenvalue weighted by Gasteiger charge is -2.34. The van der Waals surface area contributed by atoms with Gasteiger partial charge in [-0.2, -0.15) is 13.2 Å². The van der Waals surface area contributed by atoms with Crippen molar-refractivity contribution in [1.82, 2.24) is 14.9 Å². The summed E-state index contributed by atoms with van der Waals surface area (Å²) in [6.07, 6.45) is -2.03. The van der Waals surface area contributed by atoms with Crippen molar-refractivity contribution in [2.75, 3.05) is 18.0 Å². The van der Waals surface area contributed by atoms with Crippen LogP contribution in [-0.2, 0) is 24.4 Å². The first-order valence-corrected chi connectivity index (χ1v) is 14.2. The molecule has 0 atom stereocenters. The number of nitrogens with zero attached hydrogens (tertiary/aromatic N) is 3. The minimum atomic E-state index is -4.63. The molecule has 224 valence electrons. The van der Waals surface area contributed by atoms with Gasteiger partial charge in [0, 0.05) is 67.9 Å². The van der Waals surface area contributed by atoms with Crippen molar-refractivity contribution in [3.63, 3.8) is 0 Å². The minimum Gasteiger partial charge on any atom is -0.371 e. The van der Waals surface area contributed by atoms with E-state index >= 15 is 0 Å². The molecule has 1 N–H and O–H groups in total. The molecule has 0 radical (unpaired) electrons. The standard InChI is InChI=1S/C32H30ClF3N4O3/c1-18-4-5-20(10-26(18)27-14-22-17-37-30(33)16-28(22)39(3)31(27)43)11-29(42)21-12-23(32(34,35)36)15-25(13-21)40-8-6-24(7-9-40)38-19(2)41/h4-5,10,12-17,24H,6-9,11H2,1-3H3,(H,38,41). The van der Waals surface area contributed by atoms with Crippen molar-refractivity contribution >= 4 is 39.9 Å². The maximum atomic E-state index is 13.9. The van der Waals surface area contributed by atoms with Gasteiger partial charge in [0.05, 0.1) is 11.1 Å². The van der Waals surface area contributed by atoms with Crippen LogP contribution in [0.25, 0.3) is 22.0 Å². The summed E-state index contributed by atoms with van der Waals surface area (Å²) in [5.74, 6) is -0.617. The molecule has 2 aromatic carbocycles. The number of Topliss-reactive ketones (excluding diaryl/α,β-unsaturated/α-hetero) is 1. The number of hydrogen-bond donors (Lipinski definition) is 1. The van der Waals surface area contributed by atoms with E-state index in [4.69, 9.17) is 11.6 Å². The molecule has 11 heteroatoms. The molecule has 1 aliphatic heterocycles. The van der Waals surface area contributed by atoms with Gasteiger partial charge < -0.3 is 14.8 Å². The lowest BCUT2D eigenvalue weighted by atomic mass is 9.94. The normalized spacial score (nSPS) is 14.3. The Labute approximate surface area is 251 Å². The number of anilines is 1. The number of benzene rings is 2. The number of halogens is 4. The zero-order valence-corrected chi connectivity index (χ0v) is 24.6. The predicted molar refractivity (Wildman–Crippen MR) is 161 cm³/mol. The van der Waals surface area contributed by atoms with Gasteiger partial charge in [0.25, 0.3) is 5.56 Å². The third-order valence-corrected chi connectivity index (χ3v) is 8.07. The quantitative estimate of drug-likeness (QED) is 0.210. The summed E-state index contributed by atoms with van der Waals surface area (Å²) in [6, 6.07) is 12.0. The second-order valence-electron chi connectivity index (χ2n) is 11.0. The first kappa shape index (κ1) is 30.3. The van der Waals surface area contributed by atoms with Crippen LogP contribution >= 0.6 is 11.6 Å². The second kappa shape index (κ2) is 11.8. The van der Waals surface area contributed by atoms with Crippen molar-refractivity contribution in [3.8, 4) is 11.1 Å². The van der Waals surface area contributed by atoms with E-state index < -0.39 is 17.5 Å². The van der Waals surface area contributed by atoms with E-state index in [-0.39, 0.29) is 34.6 Å². The molecule has 3 heterocycles. The van der Waals surface area contributed by atoms with Gasteiger partial charge >= 0.3 is 6.18 Å². The third-order valence-electron chi connectivity index (χ3n) is 7.87. The number of pyridine rings is 2. The molecule has 0 saturated carbocycles. The molecule has 0 spiro atoms. The van der Waals surface area contributed by atoms with E-state index in [1.807, 2.05) is 11.8 Å². The zero-order chi connectivity index (χ0) is 31.1. The fourth-order valence-corrected chi connectivity index (χ4v) is 5.73. The number of hydrogen-bond acceptors (Lipinski definition) is 5. The van der Waals surface area contributed by atoms with Crippen LogP contribution in [0.15, 0.2) is 59.5 Å². The number of carbonyl (C=O) groups excluding carboxylic acids is 2. The van der Waals surface area contributed by atoms with Crippen LogP contribution in [-0.4, -0.2) is 40.4 Å². The Bertz CT molecular complexity index is 1790. The van der Waals surface area contributed by atoms with Crippen LogP contribution in [0.1, 0.15) is 46.8 Å². The first-order chi connectivity index (χ1) is 20.3. The highest BCUT2D eigenvalue weighted by Gasteiger charge is 2.33. The molecule has 1 amide bonds. The average Bonchev–Trinajstić information content (AvgIpc) is 2.95. The van der Waals surface area contributed by atoms with E-state index in [9.17, 15) is 27.6 Å². The maximum absolute atomic E-state index is 13.9. The summed E-state index contributed by atoms with van der Waals surface area (Å²) < 4.78 is 43.1. The molecule has 1 fully saturated rings. The summed E-state index contributed by atoms with van der Waals surface area (Å²) >= 11 is 6.02. The molecule has 0 bridgehead atoms. The third kappa shape index (κ3) is 6.59. The molecular formula is C32H30ClF3N4O3. The summed E-state index contributed by atoms with van der Waals surface area (Å²) in [6.45, 7) is 4.18. The highest BCUT2D eigenvalue weighted by molar-refractivity contribution is 6.30. The Balaban J connectivity index is 1.45. The fraction of sp³-hybridized carbons (Fsp3) is 0.312. The number of ketones is 1. The van der Waals surface area contributed by atoms with Crippen molar-refractivity contribution in [3.05, 3.63) is 92.5 Å². The van der Waals surface area contributed by atoms with Gasteiger partial charge in [0.2, 0.25) is 5.91 Å². The monoisotopic (exact) mass is 610 g/mol. The smallest absolute Gasteiger partial charge is 0.371 e. The molecule has 2 aromatic heterocycles. The van der Waals surface area contributed by atoms with Crippen molar-refractivity contribution < 1.29 is 22.8 Å². The average molecular weight is 611 g/mol. The number of piperidine rings is 1. The van der Waals surface area contributed by atoms with Crippen LogP contribution < -0.4 is 15.8 Å². The van der Waals surface area contributed by atoms with E-state index in [1.165, 1.54) is 17.6 Å². The number of nitrogens with one attached hydrogen (secondary N) is 1. The van der Waals surface area contributed by atoms with E-state index in [1.54, 1.807) is 43.6 Å². The highest BCUT2D eigenvalue weighted by Crippen LogP contribution is 2.34. The summed E-state index contributed by atoms with van der Waals surface area (Å²) in [5, 5.41) is 3.83. The number of aromatic nitrogens is 2. The fourth-order valence-electron chi connectivity index (χ4n) is 5.58. The van der Waals surface area contributed by atoms with Gasteiger partial charge in [-0.15, -0.1) is 0 Å². The van der Waals surface area contributed by atoms with Gasteiger partial charge in [-0.3, -0.25) is 14.4 Å². The number of alkyl halides is 3. The Morgan fingerprint density at radius 2 is 1.77 bits per heavy atom. The van der Waals surface area contributed by atoms with Crippen molar-refractivity contribution in [2.24, 2.45) is 7.05 Å². The molecule has 4 aromatic rings. The number of carbonyl (C=O) groups is 2. The zero-order valence-electron chi connectivity index (χ0n) is 23.9. The van der Waals surface area contributed by atoms with Crippen LogP contribution in [0.2, 0.25) is 5.15 Å². The van der Waals surface area contributed by atoms with Crippen molar-refractivity contribution in [2.45, 2.75) is 45.3 Å². The Morgan fingerprint density at radius 3 is 2.44 bits per heavy atom. The molecule has 43 heavy (non-hydrogen) atoms. The van der Waals surface area contributed by atoms with Crippen LogP contribution in [0.5, 0.6) is 0 Å². The van der Waals surface area contributed by atoms with E-state index in [0.29, 0.717) is 59.2 Å².